The molecule has 1 atom stereocenters. The maximum atomic E-state index is 14.8. The monoisotopic (exact) mass is 510 g/mol. The van der Waals surface area contributed by atoms with Gasteiger partial charge in [0.25, 0.3) is 10.0 Å². The van der Waals surface area contributed by atoms with Crippen LogP contribution in [0.2, 0.25) is 0 Å². The molecular formula is C28H31FN2O4S. The molecule has 1 heterocycles. The summed E-state index contributed by atoms with van der Waals surface area (Å²) in [5, 5.41) is 3.00. The van der Waals surface area contributed by atoms with Crippen LogP contribution in [0.1, 0.15) is 50.3 Å². The Morgan fingerprint density at radius 1 is 1.03 bits per heavy atom. The van der Waals surface area contributed by atoms with Crippen molar-refractivity contribution in [3.8, 4) is 5.75 Å². The van der Waals surface area contributed by atoms with Crippen molar-refractivity contribution >= 4 is 21.6 Å². The Morgan fingerprint density at radius 3 is 2.33 bits per heavy atom. The van der Waals surface area contributed by atoms with E-state index >= 15 is 0 Å². The van der Waals surface area contributed by atoms with E-state index in [9.17, 15) is 17.6 Å². The molecule has 1 aliphatic rings. The normalized spacial score (nSPS) is 16.5. The summed E-state index contributed by atoms with van der Waals surface area (Å²) < 4.78 is 49.1. The zero-order chi connectivity index (χ0) is 25.9. The maximum absolute atomic E-state index is 14.8. The molecule has 190 valence electrons. The number of amides is 1. The largest absolute Gasteiger partial charge is 0.487 e. The summed E-state index contributed by atoms with van der Waals surface area (Å²) in [4.78, 5) is 13.3. The van der Waals surface area contributed by atoms with Gasteiger partial charge in [0.15, 0.2) is 0 Å². The van der Waals surface area contributed by atoms with Gasteiger partial charge in [-0.25, -0.2) is 12.8 Å². The second kappa shape index (κ2) is 10.3. The van der Waals surface area contributed by atoms with Gasteiger partial charge in [0.2, 0.25) is 5.91 Å². The van der Waals surface area contributed by atoms with E-state index in [1.54, 1.807) is 18.2 Å². The Bertz CT molecular complexity index is 1340. The zero-order valence-corrected chi connectivity index (χ0v) is 21.5. The molecule has 0 spiro atoms. The van der Waals surface area contributed by atoms with E-state index in [1.165, 1.54) is 30.3 Å². The minimum absolute atomic E-state index is 0.0171. The lowest BCUT2D eigenvalue weighted by atomic mass is 9.83. The fourth-order valence-corrected chi connectivity index (χ4v) is 6.02. The topological polar surface area (TPSA) is 75.7 Å². The van der Waals surface area contributed by atoms with Crippen LogP contribution in [0.5, 0.6) is 5.75 Å². The highest BCUT2D eigenvalue weighted by Gasteiger charge is 2.39. The SMILES string of the molecule is CCC1(CC)C[C@H](NC(=O)CN(c2ccccc2F)S(=O)(=O)c2ccc(C)cc2)c2ccccc2O1. The third-order valence-corrected chi connectivity index (χ3v) is 8.61. The first-order valence-corrected chi connectivity index (χ1v) is 13.5. The molecule has 0 fully saturated rings. The molecule has 0 aromatic heterocycles. The van der Waals surface area contributed by atoms with Crippen LogP contribution in [0.25, 0.3) is 0 Å². The Morgan fingerprint density at radius 2 is 1.67 bits per heavy atom. The lowest BCUT2D eigenvalue weighted by molar-refractivity contribution is -0.121. The quantitative estimate of drug-likeness (QED) is 0.433. The van der Waals surface area contributed by atoms with Gasteiger partial charge in [-0.2, -0.15) is 0 Å². The number of aryl methyl sites for hydroxylation is 1. The predicted octanol–water partition coefficient (Wildman–Crippen LogP) is 5.53. The number of anilines is 1. The van der Waals surface area contributed by atoms with Gasteiger partial charge >= 0.3 is 0 Å². The van der Waals surface area contributed by atoms with Crippen LogP contribution in [0.15, 0.2) is 77.7 Å². The maximum Gasteiger partial charge on any atom is 0.264 e. The van der Waals surface area contributed by atoms with E-state index < -0.39 is 33.9 Å². The van der Waals surface area contributed by atoms with Crippen molar-refractivity contribution in [1.82, 2.24) is 5.32 Å². The smallest absolute Gasteiger partial charge is 0.264 e. The first-order valence-electron chi connectivity index (χ1n) is 12.1. The lowest BCUT2D eigenvalue weighted by Crippen LogP contribution is -2.47. The molecule has 0 saturated carbocycles. The summed E-state index contributed by atoms with van der Waals surface area (Å²) in [5.74, 6) is -0.555. The van der Waals surface area contributed by atoms with Gasteiger partial charge in [0, 0.05) is 12.0 Å². The van der Waals surface area contributed by atoms with Crippen LogP contribution in [0.3, 0.4) is 0 Å². The van der Waals surface area contributed by atoms with Gasteiger partial charge in [-0.1, -0.05) is 61.9 Å². The van der Waals surface area contributed by atoms with Crippen molar-refractivity contribution in [1.29, 1.82) is 0 Å². The fraction of sp³-hybridized carbons (Fsp3) is 0.321. The number of rotatable bonds is 8. The van der Waals surface area contributed by atoms with E-state index in [4.69, 9.17) is 4.74 Å². The Hall–Kier alpha value is -3.39. The molecule has 3 aromatic rings. The average molecular weight is 511 g/mol. The summed E-state index contributed by atoms with van der Waals surface area (Å²) in [6, 6.07) is 19.0. The number of hydrogen-bond acceptors (Lipinski definition) is 4. The molecule has 4 rings (SSSR count). The van der Waals surface area contributed by atoms with Crippen LogP contribution in [0.4, 0.5) is 10.1 Å². The summed E-state index contributed by atoms with van der Waals surface area (Å²) in [5.41, 5.74) is 1.10. The van der Waals surface area contributed by atoms with Crippen LogP contribution < -0.4 is 14.4 Å². The number of nitrogens with one attached hydrogen (secondary N) is 1. The number of carbonyl (C=O) groups is 1. The number of halogens is 1. The highest BCUT2D eigenvalue weighted by molar-refractivity contribution is 7.92. The Balaban J connectivity index is 1.66. The number of ether oxygens (including phenoxy) is 1. The van der Waals surface area contributed by atoms with Crippen molar-refractivity contribution < 1.29 is 22.3 Å². The third-order valence-electron chi connectivity index (χ3n) is 6.84. The van der Waals surface area contributed by atoms with Crippen molar-refractivity contribution in [3.05, 3.63) is 89.7 Å². The summed E-state index contributed by atoms with van der Waals surface area (Å²) in [6.45, 7) is 5.37. The van der Waals surface area contributed by atoms with Gasteiger partial charge in [-0.05, 0) is 50.1 Å². The van der Waals surface area contributed by atoms with E-state index in [1.807, 2.05) is 45.0 Å². The number of benzene rings is 3. The molecule has 1 aliphatic heterocycles. The number of para-hydroxylation sites is 2. The van der Waals surface area contributed by atoms with Crippen LogP contribution in [0, 0.1) is 12.7 Å². The molecular weight excluding hydrogens is 479 g/mol. The Labute approximate surface area is 212 Å². The molecule has 6 nitrogen and oxygen atoms in total. The van der Waals surface area contributed by atoms with Crippen molar-refractivity contribution in [3.63, 3.8) is 0 Å². The van der Waals surface area contributed by atoms with Gasteiger partial charge in [0.05, 0.1) is 16.6 Å². The molecule has 0 unspecified atom stereocenters. The second-order valence-corrected chi connectivity index (χ2v) is 11.0. The summed E-state index contributed by atoms with van der Waals surface area (Å²) in [7, 11) is -4.21. The standard InChI is InChI=1S/C28H31FN2O4S/c1-4-28(5-2)18-24(22-10-6-9-13-26(22)35-28)30-27(32)19-31(25-12-8-7-11-23(25)29)36(33,34)21-16-14-20(3)15-17-21/h6-17,24H,4-5,18-19H2,1-3H3,(H,30,32)/t24-/m0/s1. The lowest BCUT2D eigenvalue weighted by Gasteiger charge is -2.41. The molecule has 1 N–H and O–H groups in total. The molecule has 0 bridgehead atoms. The molecule has 0 aliphatic carbocycles. The number of carbonyl (C=O) groups excluding carboxylic acids is 1. The molecule has 8 heteroatoms. The van der Waals surface area contributed by atoms with Crippen LogP contribution >= 0.6 is 0 Å². The third kappa shape index (κ3) is 5.09. The van der Waals surface area contributed by atoms with E-state index in [2.05, 4.69) is 5.32 Å². The van der Waals surface area contributed by atoms with Gasteiger partial charge in [-0.15, -0.1) is 0 Å². The zero-order valence-electron chi connectivity index (χ0n) is 20.7. The second-order valence-electron chi connectivity index (χ2n) is 9.13. The van der Waals surface area contributed by atoms with Crippen LogP contribution in [-0.2, 0) is 14.8 Å². The summed E-state index contributed by atoms with van der Waals surface area (Å²) >= 11 is 0. The first kappa shape index (κ1) is 25.7. The number of nitrogens with zero attached hydrogens (tertiary/aromatic N) is 1. The first-order chi connectivity index (χ1) is 17.2. The number of sulfonamides is 1. The fourth-order valence-electron chi connectivity index (χ4n) is 4.59. The van der Waals surface area contributed by atoms with Crippen molar-refractivity contribution in [2.75, 3.05) is 10.8 Å². The number of fused-ring (bicyclic) bond motifs is 1. The van der Waals surface area contributed by atoms with Crippen molar-refractivity contribution in [2.24, 2.45) is 0 Å². The molecule has 1 amide bonds. The number of hydrogen-bond donors (Lipinski definition) is 1. The van der Waals surface area contributed by atoms with E-state index in [0.717, 1.165) is 28.3 Å². The molecule has 0 radical (unpaired) electrons. The Kier molecular flexibility index (Phi) is 7.36. The highest BCUT2D eigenvalue weighted by atomic mass is 32.2. The minimum atomic E-state index is -4.21. The van der Waals surface area contributed by atoms with Gasteiger partial charge < -0.3 is 10.1 Å². The van der Waals surface area contributed by atoms with Crippen LogP contribution in [-0.4, -0.2) is 26.5 Å². The van der Waals surface area contributed by atoms with E-state index in [0.29, 0.717) is 12.2 Å². The molecule has 36 heavy (non-hydrogen) atoms. The van der Waals surface area contributed by atoms with Gasteiger partial charge in [-0.3, -0.25) is 9.10 Å². The average Bonchev–Trinajstić information content (AvgIpc) is 2.88. The summed E-state index contributed by atoms with van der Waals surface area (Å²) in [6.07, 6.45) is 2.06. The van der Waals surface area contributed by atoms with Crippen molar-refractivity contribution in [2.45, 2.75) is 56.6 Å². The predicted molar refractivity (Wildman–Crippen MR) is 138 cm³/mol. The van der Waals surface area contributed by atoms with E-state index in [-0.39, 0.29) is 16.6 Å². The molecule has 0 saturated heterocycles. The van der Waals surface area contributed by atoms with Gasteiger partial charge in [0.1, 0.15) is 23.7 Å². The minimum Gasteiger partial charge on any atom is -0.487 e. The molecule has 3 aromatic carbocycles. The highest BCUT2D eigenvalue weighted by Crippen LogP contribution is 2.42.